The summed E-state index contributed by atoms with van der Waals surface area (Å²) >= 11 is 0. The van der Waals surface area contributed by atoms with Crippen LogP contribution in [0.1, 0.15) is 15.9 Å². The highest BCUT2D eigenvalue weighted by Crippen LogP contribution is 2.20. The Bertz CT molecular complexity index is 836. The molecule has 0 amide bonds. The fourth-order valence-corrected chi connectivity index (χ4v) is 2.97. The SMILES string of the molecule is COc1ccc(S(=O)(=O)NCc2cccc(C(=O)O)c2)c(F)c1. The number of methoxy groups -OCH3 is 1. The molecule has 0 unspecified atom stereocenters. The zero-order chi connectivity index (χ0) is 17.0. The number of hydrogen-bond acceptors (Lipinski definition) is 4. The van der Waals surface area contributed by atoms with Gasteiger partial charge >= 0.3 is 5.97 Å². The molecule has 0 atom stereocenters. The van der Waals surface area contributed by atoms with Crippen LogP contribution >= 0.6 is 0 Å². The van der Waals surface area contributed by atoms with Gasteiger partial charge < -0.3 is 9.84 Å². The Balaban J connectivity index is 2.19. The lowest BCUT2D eigenvalue weighted by Crippen LogP contribution is -2.24. The average molecular weight is 339 g/mol. The molecule has 2 rings (SSSR count). The Morgan fingerprint density at radius 2 is 2.00 bits per heavy atom. The van der Waals surface area contributed by atoms with Crippen molar-refractivity contribution in [2.24, 2.45) is 0 Å². The van der Waals surface area contributed by atoms with Crippen LogP contribution in [0.5, 0.6) is 5.75 Å². The molecule has 0 aliphatic rings. The van der Waals surface area contributed by atoms with E-state index in [1.54, 1.807) is 6.07 Å². The molecular formula is C15H14FNO5S. The van der Waals surface area contributed by atoms with E-state index in [1.165, 1.54) is 31.4 Å². The van der Waals surface area contributed by atoms with Crippen LogP contribution in [-0.2, 0) is 16.6 Å². The molecular weight excluding hydrogens is 325 g/mol. The second kappa shape index (κ2) is 6.76. The number of aromatic carboxylic acids is 1. The lowest BCUT2D eigenvalue weighted by molar-refractivity contribution is 0.0696. The van der Waals surface area contributed by atoms with Crippen LogP contribution in [0.3, 0.4) is 0 Å². The molecule has 0 aliphatic carbocycles. The van der Waals surface area contributed by atoms with Gasteiger partial charge in [-0.1, -0.05) is 12.1 Å². The Morgan fingerprint density at radius 1 is 1.26 bits per heavy atom. The molecule has 2 N–H and O–H groups in total. The van der Waals surface area contributed by atoms with Gasteiger partial charge in [-0.25, -0.2) is 22.3 Å². The molecule has 2 aromatic rings. The minimum Gasteiger partial charge on any atom is -0.497 e. The van der Waals surface area contributed by atoms with Gasteiger partial charge in [-0.05, 0) is 29.8 Å². The molecule has 6 nitrogen and oxygen atoms in total. The number of carboxylic acids is 1. The molecule has 0 aromatic heterocycles. The fraction of sp³-hybridized carbons (Fsp3) is 0.133. The van der Waals surface area contributed by atoms with Crippen molar-refractivity contribution in [2.45, 2.75) is 11.4 Å². The summed E-state index contributed by atoms with van der Waals surface area (Å²) in [6, 6.07) is 9.21. The van der Waals surface area contributed by atoms with Crippen molar-refractivity contribution in [3.63, 3.8) is 0 Å². The van der Waals surface area contributed by atoms with Crippen molar-refractivity contribution >= 4 is 16.0 Å². The molecule has 2 aromatic carbocycles. The van der Waals surface area contributed by atoms with Gasteiger partial charge in [-0.15, -0.1) is 0 Å². The van der Waals surface area contributed by atoms with Crippen LogP contribution in [0.4, 0.5) is 4.39 Å². The number of sulfonamides is 1. The van der Waals surface area contributed by atoms with Crippen molar-refractivity contribution in [1.29, 1.82) is 0 Å². The third kappa shape index (κ3) is 4.05. The van der Waals surface area contributed by atoms with E-state index >= 15 is 0 Å². The van der Waals surface area contributed by atoms with Gasteiger partial charge in [-0.3, -0.25) is 0 Å². The third-order valence-corrected chi connectivity index (χ3v) is 4.50. The predicted octanol–water partition coefficient (Wildman–Crippen LogP) is 2.01. The summed E-state index contributed by atoms with van der Waals surface area (Å²) in [6.45, 7) is -0.158. The summed E-state index contributed by atoms with van der Waals surface area (Å²) in [6.07, 6.45) is 0. The normalized spacial score (nSPS) is 11.2. The predicted molar refractivity (Wildman–Crippen MR) is 80.4 cm³/mol. The van der Waals surface area contributed by atoms with E-state index in [0.717, 1.165) is 12.1 Å². The summed E-state index contributed by atoms with van der Waals surface area (Å²) in [7, 11) is -2.73. The third-order valence-electron chi connectivity index (χ3n) is 3.07. The highest BCUT2D eigenvalue weighted by molar-refractivity contribution is 7.89. The molecule has 8 heteroatoms. The number of halogens is 1. The van der Waals surface area contributed by atoms with Gasteiger partial charge in [0.15, 0.2) is 0 Å². The first-order chi connectivity index (χ1) is 10.8. The summed E-state index contributed by atoms with van der Waals surface area (Å²) in [5, 5.41) is 8.90. The largest absolute Gasteiger partial charge is 0.497 e. The molecule has 0 saturated heterocycles. The van der Waals surface area contributed by atoms with E-state index in [0.29, 0.717) is 5.56 Å². The standard InChI is InChI=1S/C15H14FNO5S/c1-22-12-5-6-14(13(16)8-12)23(20,21)17-9-10-3-2-4-11(7-10)15(18)19/h2-8,17H,9H2,1H3,(H,18,19). The van der Waals surface area contributed by atoms with Crippen molar-refractivity contribution in [3.05, 3.63) is 59.4 Å². The smallest absolute Gasteiger partial charge is 0.335 e. The Morgan fingerprint density at radius 3 is 2.61 bits per heavy atom. The summed E-state index contributed by atoms with van der Waals surface area (Å²) in [4.78, 5) is 10.4. The number of carbonyl (C=O) groups is 1. The van der Waals surface area contributed by atoms with E-state index in [2.05, 4.69) is 4.72 Å². The molecule has 0 bridgehead atoms. The highest BCUT2D eigenvalue weighted by atomic mass is 32.2. The van der Waals surface area contributed by atoms with E-state index < -0.39 is 26.7 Å². The molecule has 0 heterocycles. The van der Waals surface area contributed by atoms with Crippen LogP contribution in [0.2, 0.25) is 0 Å². The van der Waals surface area contributed by atoms with E-state index in [1.807, 2.05) is 0 Å². The first kappa shape index (κ1) is 16.9. The second-order valence-electron chi connectivity index (χ2n) is 4.63. The topological polar surface area (TPSA) is 92.7 Å². The van der Waals surface area contributed by atoms with Gasteiger partial charge in [0.25, 0.3) is 0 Å². The van der Waals surface area contributed by atoms with Crippen molar-refractivity contribution in [3.8, 4) is 5.75 Å². The molecule has 0 fully saturated rings. The van der Waals surface area contributed by atoms with E-state index in [9.17, 15) is 17.6 Å². The summed E-state index contributed by atoms with van der Waals surface area (Å²) in [5.74, 6) is -1.84. The lowest BCUT2D eigenvalue weighted by atomic mass is 10.1. The molecule has 0 saturated carbocycles. The zero-order valence-electron chi connectivity index (χ0n) is 12.1. The average Bonchev–Trinajstić information content (AvgIpc) is 2.53. The first-order valence-corrected chi connectivity index (χ1v) is 7.97. The van der Waals surface area contributed by atoms with Gasteiger partial charge in [0, 0.05) is 12.6 Å². The Hall–Kier alpha value is -2.45. The fourth-order valence-electron chi connectivity index (χ4n) is 1.90. The Labute approximate surface area is 132 Å². The Kier molecular flexibility index (Phi) is 4.97. The summed E-state index contributed by atoms with van der Waals surface area (Å²) in [5.41, 5.74) is 0.486. The summed E-state index contributed by atoms with van der Waals surface area (Å²) < 4.78 is 45.2. The molecule has 122 valence electrons. The van der Waals surface area contributed by atoms with E-state index in [-0.39, 0.29) is 17.9 Å². The number of nitrogens with one attached hydrogen (secondary N) is 1. The zero-order valence-corrected chi connectivity index (χ0v) is 12.9. The van der Waals surface area contributed by atoms with Crippen molar-refractivity contribution in [2.75, 3.05) is 7.11 Å². The van der Waals surface area contributed by atoms with E-state index in [4.69, 9.17) is 9.84 Å². The van der Waals surface area contributed by atoms with Crippen LogP contribution < -0.4 is 9.46 Å². The lowest BCUT2D eigenvalue weighted by Gasteiger charge is -2.09. The minimum absolute atomic E-state index is 0.0392. The highest BCUT2D eigenvalue weighted by Gasteiger charge is 2.19. The minimum atomic E-state index is -4.08. The number of carboxylic acid groups (broad SMARTS) is 1. The van der Waals surface area contributed by atoms with Crippen LogP contribution in [0.15, 0.2) is 47.4 Å². The maximum atomic E-state index is 13.9. The van der Waals surface area contributed by atoms with Gasteiger partial charge in [0.2, 0.25) is 10.0 Å². The number of hydrogen-bond donors (Lipinski definition) is 2. The van der Waals surface area contributed by atoms with Crippen molar-refractivity contribution in [1.82, 2.24) is 4.72 Å². The van der Waals surface area contributed by atoms with Gasteiger partial charge in [0.1, 0.15) is 16.5 Å². The monoisotopic (exact) mass is 339 g/mol. The maximum absolute atomic E-state index is 13.9. The van der Waals surface area contributed by atoms with Gasteiger partial charge in [-0.2, -0.15) is 0 Å². The van der Waals surface area contributed by atoms with Crippen LogP contribution in [0, 0.1) is 5.82 Å². The number of ether oxygens (including phenoxy) is 1. The molecule has 23 heavy (non-hydrogen) atoms. The molecule has 0 radical (unpaired) electrons. The number of rotatable bonds is 6. The second-order valence-corrected chi connectivity index (χ2v) is 6.36. The van der Waals surface area contributed by atoms with Crippen molar-refractivity contribution < 1.29 is 27.4 Å². The number of benzene rings is 2. The molecule has 0 spiro atoms. The van der Waals surface area contributed by atoms with Gasteiger partial charge in [0.05, 0.1) is 12.7 Å². The molecule has 0 aliphatic heterocycles. The maximum Gasteiger partial charge on any atom is 0.335 e. The van der Waals surface area contributed by atoms with Crippen LogP contribution in [-0.4, -0.2) is 26.6 Å². The first-order valence-electron chi connectivity index (χ1n) is 6.49. The quantitative estimate of drug-likeness (QED) is 0.840. The van der Waals surface area contributed by atoms with Crippen LogP contribution in [0.25, 0.3) is 0 Å².